The SMILES string of the molecule is COc1c(C)c(C)cc(-c2ccc(OC3(C(=O)O)CCOCC3)cc2COC2CCCC2)c1Cl. The van der Waals surface area contributed by atoms with Gasteiger partial charge >= 0.3 is 5.97 Å². The molecule has 0 atom stereocenters. The molecule has 2 aromatic carbocycles. The summed E-state index contributed by atoms with van der Waals surface area (Å²) in [7, 11) is 1.62. The van der Waals surface area contributed by atoms with Crippen molar-refractivity contribution in [3.63, 3.8) is 0 Å². The summed E-state index contributed by atoms with van der Waals surface area (Å²) >= 11 is 6.79. The zero-order chi connectivity index (χ0) is 24.3. The molecule has 184 valence electrons. The summed E-state index contributed by atoms with van der Waals surface area (Å²) in [6.45, 7) is 5.14. The molecule has 0 unspecified atom stereocenters. The lowest BCUT2D eigenvalue weighted by Gasteiger charge is -2.33. The molecule has 1 aliphatic carbocycles. The third kappa shape index (κ3) is 5.04. The highest BCUT2D eigenvalue weighted by Gasteiger charge is 2.43. The van der Waals surface area contributed by atoms with Crippen LogP contribution in [0.15, 0.2) is 24.3 Å². The van der Waals surface area contributed by atoms with E-state index in [1.54, 1.807) is 7.11 Å². The van der Waals surface area contributed by atoms with Crippen LogP contribution in [0.5, 0.6) is 11.5 Å². The van der Waals surface area contributed by atoms with Crippen LogP contribution in [-0.2, 0) is 20.9 Å². The van der Waals surface area contributed by atoms with Gasteiger partial charge in [-0.25, -0.2) is 4.79 Å². The smallest absolute Gasteiger partial charge is 0.348 e. The van der Waals surface area contributed by atoms with Gasteiger partial charge < -0.3 is 24.1 Å². The number of carboxylic acid groups (broad SMARTS) is 1. The van der Waals surface area contributed by atoms with E-state index in [1.807, 2.05) is 32.0 Å². The van der Waals surface area contributed by atoms with Crippen LogP contribution in [0.2, 0.25) is 5.02 Å². The van der Waals surface area contributed by atoms with Crippen molar-refractivity contribution in [2.24, 2.45) is 0 Å². The van der Waals surface area contributed by atoms with Crippen LogP contribution in [0, 0.1) is 13.8 Å². The first-order chi connectivity index (χ1) is 16.3. The Labute approximate surface area is 206 Å². The molecule has 4 rings (SSSR count). The van der Waals surface area contributed by atoms with E-state index in [0.717, 1.165) is 40.7 Å². The number of methoxy groups -OCH3 is 1. The third-order valence-corrected chi connectivity index (χ3v) is 7.46. The van der Waals surface area contributed by atoms with Crippen LogP contribution in [0.25, 0.3) is 11.1 Å². The third-order valence-electron chi connectivity index (χ3n) is 7.08. The van der Waals surface area contributed by atoms with Gasteiger partial charge in [-0.15, -0.1) is 0 Å². The molecular weight excluding hydrogens is 456 g/mol. The Balaban J connectivity index is 1.73. The molecule has 2 fully saturated rings. The summed E-state index contributed by atoms with van der Waals surface area (Å²) in [6.07, 6.45) is 5.34. The molecule has 1 saturated carbocycles. The molecule has 2 aromatic rings. The number of benzene rings is 2. The zero-order valence-corrected chi connectivity index (χ0v) is 20.9. The van der Waals surface area contributed by atoms with Crippen molar-refractivity contribution in [2.75, 3.05) is 20.3 Å². The first-order valence-corrected chi connectivity index (χ1v) is 12.3. The minimum atomic E-state index is -1.29. The van der Waals surface area contributed by atoms with Gasteiger partial charge in [0.25, 0.3) is 0 Å². The molecule has 7 heteroatoms. The predicted octanol–water partition coefficient (Wildman–Crippen LogP) is 6.10. The predicted molar refractivity (Wildman–Crippen MR) is 131 cm³/mol. The average molecular weight is 489 g/mol. The summed E-state index contributed by atoms with van der Waals surface area (Å²) in [6, 6.07) is 7.70. The molecule has 1 aliphatic heterocycles. The number of carbonyl (C=O) groups is 1. The highest BCUT2D eigenvalue weighted by molar-refractivity contribution is 6.35. The van der Waals surface area contributed by atoms with Crippen molar-refractivity contribution < 1.29 is 28.8 Å². The molecule has 2 aliphatic rings. The summed E-state index contributed by atoms with van der Waals surface area (Å²) < 4.78 is 23.4. The molecule has 6 nitrogen and oxygen atoms in total. The van der Waals surface area contributed by atoms with E-state index < -0.39 is 11.6 Å². The van der Waals surface area contributed by atoms with Gasteiger partial charge in [-0.2, -0.15) is 0 Å². The van der Waals surface area contributed by atoms with Crippen LogP contribution < -0.4 is 9.47 Å². The van der Waals surface area contributed by atoms with Crippen LogP contribution >= 0.6 is 11.6 Å². The molecule has 0 radical (unpaired) electrons. The minimum absolute atomic E-state index is 0.239. The van der Waals surface area contributed by atoms with E-state index in [-0.39, 0.29) is 6.10 Å². The standard InChI is InChI=1S/C27H33ClO6/c1-17-14-23(24(28)25(31-3)18(17)2)22-9-8-21(15-19(22)16-33-20-6-4-5-7-20)34-27(26(29)30)10-12-32-13-11-27/h8-9,14-15,20H,4-7,10-13,16H2,1-3H3,(H,29,30). The van der Waals surface area contributed by atoms with E-state index >= 15 is 0 Å². The van der Waals surface area contributed by atoms with Crippen molar-refractivity contribution in [3.05, 3.63) is 46.0 Å². The highest BCUT2D eigenvalue weighted by atomic mass is 35.5. The van der Waals surface area contributed by atoms with Crippen molar-refractivity contribution >= 4 is 17.6 Å². The van der Waals surface area contributed by atoms with E-state index in [4.69, 9.17) is 30.5 Å². The highest BCUT2D eigenvalue weighted by Crippen LogP contribution is 2.42. The quantitative estimate of drug-likeness (QED) is 0.483. The fourth-order valence-electron chi connectivity index (χ4n) is 4.86. The van der Waals surface area contributed by atoms with Crippen molar-refractivity contribution in [3.8, 4) is 22.6 Å². The van der Waals surface area contributed by atoms with Gasteiger partial charge in [-0.3, -0.25) is 0 Å². The Morgan fingerprint density at radius 3 is 2.50 bits per heavy atom. The number of rotatable bonds is 8. The zero-order valence-electron chi connectivity index (χ0n) is 20.1. The molecular formula is C27H33ClO6. The fraction of sp³-hybridized carbons (Fsp3) is 0.519. The summed E-state index contributed by atoms with van der Waals surface area (Å²) in [4.78, 5) is 12.1. The maximum Gasteiger partial charge on any atom is 0.348 e. The second kappa shape index (κ2) is 10.5. The van der Waals surface area contributed by atoms with Gasteiger partial charge in [0.05, 0.1) is 38.1 Å². The van der Waals surface area contributed by atoms with Crippen LogP contribution in [0.3, 0.4) is 0 Å². The Morgan fingerprint density at radius 1 is 1.15 bits per heavy atom. The maximum absolute atomic E-state index is 12.1. The molecule has 34 heavy (non-hydrogen) atoms. The largest absolute Gasteiger partial charge is 0.495 e. The Kier molecular flexibility index (Phi) is 7.70. The first-order valence-electron chi connectivity index (χ1n) is 11.9. The molecule has 1 N–H and O–H groups in total. The number of halogens is 1. The Hall–Kier alpha value is -2.28. The van der Waals surface area contributed by atoms with Crippen LogP contribution in [-0.4, -0.2) is 43.1 Å². The fourth-order valence-corrected chi connectivity index (χ4v) is 5.23. The number of aliphatic carboxylic acids is 1. The second-order valence-corrected chi connectivity index (χ2v) is 9.64. The monoisotopic (exact) mass is 488 g/mol. The number of carboxylic acids is 1. The van der Waals surface area contributed by atoms with Crippen LogP contribution in [0.1, 0.15) is 55.2 Å². The van der Waals surface area contributed by atoms with Crippen molar-refractivity contribution in [2.45, 2.75) is 70.7 Å². The first kappa shape index (κ1) is 24.8. The lowest BCUT2D eigenvalue weighted by molar-refractivity contribution is -0.163. The van der Waals surface area contributed by atoms with Gasteiger partial charge in [-0.05, 0) is 67.1 Å². The summed E-state index contributed by atoms with van der Waals surface area (Å²) in [5.41, 5.74) is 3.48. The van der Waals surface area contributed by atoms with Gasteiger partial charge in [0.1, 0.15) is 11.5 Å². The lowest BCUT2D eigenvalue weighted by atomic mass is 9.93. The number of hydrogen-bond donors (Lipinski definition) is 1. The van der Waals surface area contributed by atoms with E-state index in [0.29, 0.717) is 49.2 Å². The maximum atomic E-state index is 12.1. The van der Waals surface area contributed by atoms with E-state index in [9.17, 15) is 9.90 Å². The molecule has 0 aromatic heterocycles. The molecule has 0 bridgehead atoms. The summed E-state index contributed by atoms with van der Waals surface area (Å²) in [5.74, 6) is 0.197. The van der Waals surface area contributed by atoms with Crippen molar-refractivity contribution in [1.82, 2.24) is 0 Å². The Bertz CT molecular complexity index is 1040. The normalized spacial score (nSPS) is 18.1. The van der Waals surface area contributed by atoms with Crippen molar-refractivity contribution in [1.29, 1.82) is 0 Å². The second-order valence-electron chi connectivity index (χ2n) is 9.26. The van der Waals surface area contributed by atoms with E-state index in [2.05, 4.69) is 6.07 Å². The van der Waals surface area contributed by atoms with Crippen LogP contribution in [0.4, 0.5) is 0 Å². The average Bonchev–Trinajstić information content (AvgIpc) is 3.35. The minimum Gasteiger partial charge on any atom is -0.495 e. The molecule has 0 spiro atoms. The number of aryl methyl sites for hydroxylation is 1. The number of hydrogen-bond acceptors (Lipinski definition) is 5. The van der Waals surface area contributed by atoms with Gasteiger partial charge in [0, 0.05) is 18.4 Å². The topological polar surface area (TPSA) is 74.2 Å². The lowest BCUT2D eigenvalue weighted by Crippen LogP contribution is -2.49. The Morgan fingerprint density at radius 2 is 1.85 bits per heavy atom. The van der Waals surface area contributed by atoms with Gasteiger partial charge in [0.15, 0.2) is 0 Å². The molecule has 1 saturated heterocycles. The van der Waals surface area contributed by atoms with E-state index in [1.165, 1.54) is 12.8 Å². The molecule has 1 heterocycles. The van der Waals surface area contributed by atoms with Gasteiger partial charge in [0.2, 0.25) is 5.60 Å². The number of ether oxygens (including phenoxy) is 4. The summed E-state index contributed by atoms with van der Waals surface area (Å²) in [5, 5.41) is 10.5. The van der Waals surface area contributed by atoms with Gasteiger partial charge in [-0.1, -0.05) is 30.5 Å². The molecule has 0 amide bonds.